The number of rotatable bonds is 11. The number of hydrogen-bond acceptors (Lipinski definition) is 5. The van der Waals surface area contributed by atoms with Crippen LogP contribution in [0, 0.1) is 13.8 Å². The summed E-state index contributed by atoms with van der Waals surface area (Å²) in [7, 11) is 0. The Hall–Kier alpha value is -3.36. The highest BCUT2D eigenvalue weighted by atomic mass is 16.6. The molecule has 0 aromatic heterocycles. The molecule has 9 heteroatoms. The highest BCUT2D eigenvalue weighted by Crippen LogP contribution is 2.25. The van der Waals surface area contributed by atoms with E-state index in [9.17, 15) is 19.2 Å². The molecule has 35 heavy (non-hydrogen) atoms. The normalized spacial score (nSPS) is 12.9. The van der Waals surface area contributed by atoms with Gasteiger partial charge in [-0.3, -0.25) is 14.4 Å². The summed E-state index contributed by atoms with van der Waals surface area (Å²) in [6.07, 6.45) is 0.508. The number of ether oxygens (including phenoxy) is 1. The minimum absolute atomic E-state index is 0.0327. The third-order valence-corrected chi connectivity index (χ3v) is 5.12. The van der Waals surface area contributed by atoms with E-state index in [0.717, 1.165) is 11.1 Å². The molecule has 0 spiro atoms. The van der Waals surface area contributed by atoms with Gasteiger partial charge in [0.1, 0.15) is 17.7 Å². The van der Waals surface area contributed by atoms with Crippen molar-refractivity contribution in [3.8, 4) is 0 Å². The number of alkyl carbamates (subject to hydrolysis) is 1. The lowest BCUT2D eigenvalue weighted by molar-refractivity contribution is -0.142. The second-order valence-corrected chi connectivity index (χ2v) is 9.89. The zero-order valence-corrected chi connectivity index (χ0v) is 21.9. The monoisotopic (exact) mass is 488 g/mol. The van der Waals surface area contributed by atoms with Crippen molar-refractivity contribution in [2.75, 3.05) is 6.54 Å². The van der Waals surface area contributed by atoms with Crippen LogP contribution in [0.3, 0.4) is 0 Å². The fourth-order valence-corrected chi connectivity index (χ4v) is 3.43. The highest BCUT2D eigenvalue weighted by Gasteiger charge is 2.36. The van der Waals surface area contributed by atoms with Crippen LogP contribution in [0.4, 0.5) is 4.79 Å². The molecule has 0 aliphatic carbocycles. The Morgan fingerprint density at radius 2 is 1.74 bits per heavy atom. The molecule has 1 aromatic carbocycles. The van der Waals surface area contributed by atoms with Crippen molar-refractivity contribution in [1.82, 2.24) is 15.5 Å². The zero-order valence-electron chi connectivity index (χ0n) is 21.9. The summed E-state index contributed by atoms with van der Waals surface area (Å²) in [6, 6.07) is 3.26. The Balaban J connectivity index is 3.48. The van der Waals surface area contributed by atoms with E-state index in [1.54, 1.807) is 26.8 Å². The quantitative estimate of drug-likeness (QED) is 0.412. The lowest BCUT2D eigenvalue weighted by Gasteiger charge is -2.34. The second-order valence-electron chi connectivity index (χ2n) is 9.89. The van der Waals surface area contributed by atoms with Gasteiger partial charge in [0.15, 0.2) is 0 Å². The standard InChI is InChI=1S/C26H40N4O5/c1-9-14-30(22(23(32)28-16(2)3)19-11-10-17(4)18(5)15-19)24(33)20(12-13-21(27)31)29-25(34)35-26(6,7)8/h9-11,15-16,20,22H,1,12-14H2,2-8H3,(H2,27,31)(H,28,32)(H,29,34). The molecule has 0 saturated heterocycles. The van der Waals surface area contributed by atoms with Gasteiger partial charge in [0.25, 0.3) is 0 Å². The molecule has 4 amide bonds. The molecule has 1 aromatic rings. The third-order valence-electron chi connectivity index (χ3n) is 5.12. The van der Waals surface area contributed by atoms with Gasteiger partial charge in [-0.15, -0.1) is 6.58 Å². The summed E-state index contributed by atoms with van der Waals surface area (Å²) in [5, 5.41) is 5.42. The molecule has 2 atom stereocenters. The first-order chi connectivity index (χ1) is 16.2. The summed E-state index contributed by atoms with van der Waals surface area (Å²) in [5.74, 6) is -1.55. The van der Waals surface area contributed by atoms with Gasteiger partial charge in [-0.05, 0) is 71.6 Å². The van der Waals surface area contributed by atoms with E-state index in [-0.39, 0.29) is 31.3 Å². The number of aryl methyl sites for hydroxylation is 2. The Morgan fingerprint density at radius 1 is 1.11 bits per heavy atom. The maximum absolute atomic E-state index is 13.8. The Morgan fingerprint density at radius 3 is 2.23 bits per heavy atom. The van der Waals surface area contributed by atoms with Crippen molar-refractivity contribution in [3.63, 3.8) is 0 Å². The minimum Gasteiger partial charge on any atom is -0.444 e. The average molecular weight is 489 g/mol. The number of amides is 4. The van der Waals surface area contributed by atoms with E-state index in [1.165, 1.54) is 11.0 Å². The van der Waals surface area contributed by atoms with Crippen LogP contribution < -0.4 is 16.4 Å². The summed E-state index contributed by atoms with van der Waals surface area (Å²) in [6.45, 7) is 16.4. The number of carbonyl (C=O) groups excluding carboxylic acids is 4. The fraction of sp³-hybridized carbons (Fsp3) is 0.538. The summed E-state index contributed by atoms with van der Waals surface area (Å²) < 4.78 is 5.30. The molecule has 194 valence electrons. The smallest absolute Gasteiger partial charge is 0.408 e. The minimum atomic E-state index is -1.14. The van der Waals surface area contributed by atoms with Gasteiger partial charge in [0, 0.05) is 19.0 Å². The predicted octanol–water partition coefficient (Wildman–Crippen LogP) is 3.04. The third kappa shape index (κ3) is 9.80. The van der Waals surface area contributed by atoms with Crippen LogP contribution in [0.15, 0.2) is 30.9 Å². The molecular weight excluding hydrogens is 448 g/mol. The summed E-state index contributed by atoms with van der Waals surface area (Å²) in [5.41, 5.74) is 7.14. The van der Waals surface area contributed by atoms with Crippen molar-refractivity contribution < 1.29 is 23.9 Å². The van der Waals surface area contributed by atoms with Crippen molar-refractivity contribution in [2.24, 2.45) is 5.73 Å². The van der Waals surface area contributed by atoms with Gasteiger partial charge in [0.05, 0.1) is 0 Å². The number of hydrogen-bond donors (Lipinski definition) is 3. The second kappa shape index (κ2) is 12.9. The molecule has 0 aliphatic rings. The van der Waals surface area contributed by atoms with E-state index in [0.29, 0.717) is 5.56 Å². The van der Waals surface area contributed by atoms with Crippen LogP contribution in [-0.2, 0) is 19.1 Å². The highest BCUT2D eigenvalue weighted by molar-refractivity contribution is 5.92. The van der Waals surface area contributed by atoms with Crippen LogP contribution in [0.1, 0.15) is 70.2 Å². The molecule has 0 aliphatic heterocycles. The van der Waals surface area contributed by atoms with Crippen LogP contribution in [0.2, 0.25) is 0 Å². The zero-order chi connectivity index (χ0) is 26.9. The molecule has 1 rings (SSSR count). The lowest BCUT2D eigenvalue weighted by atomic mass is 9.97. The Labute approximate surface area is 208 Å². The summed E-state index contributed by atoms with van der Waals surface area (Å²) >= 11 is 0. The van der Waals surface area contributed by atoms with Gasteiger partial charge >= 0.3 is 6.09 Å². The van der Waals surface area contributed by atoms with Crippen molar-refractivity contribution in [2.45, 2.75) is 85.0 Å². The van der Waals surface area contributed by atoms with Gasteiger partial charge in [-0.1, -0.05) is 24.3 Å². The Kier molecular flexibility index (Phi) is 11.0. The fourth-order valence-electron chi connectivity index (χ4n) is 3.43. The maximum Gasteiger partial charge on any atom is 0.408 e. The van der Waals surface area contributed by atoms with Crippen molar-refractivity contribution in [1.29, 1.82) is 0 Å². The molecule has 4 N–H and O–H groups in total. The molecular formula is C26H40N4O5. The van der Waals surface area contributed by atoms with Crippen LogP contribution in [-0.4, -0.2) is 52.9 Å². The molecule has 9 nitrogen and oxygen atoms in total. The van der Waals surface area contributed by atoms with Crippen LogP contribution >= 0.6 is 0 Å². The maximum atomic E-state index is 13.8. The van der Waals surface area contributed by atoms with Crippen LogP contribution in [0.25, 0.3) is 0 Å². The van der Waals surface area contributed by atoms with E-state index in [4.69, 9.17) is 10.5 Å². The van der Waals surface area contributed by atoms with E-state index in [1.807, 2.05) is 39.8 Å². The first-order valence-corrected chi connectivity index (χ1v) is 11.7. The van der Waals surface area contributed by atoms with E-state index < -0.39 is 35.6 Å². The lowest BCUT2D eigenvalue weighted by Crippen LogP contribution is -2.53. The van der Waals surface area contributed by atoms with Crippen molar-refractivity contribution in [3.05, 3.63) is 47.5 Å². The molecule has 2 unspecified atom stereocenters. The van der Waals surface area contributed by atoms with Gasteiger partial charge < -0.3 is 26.0 Å². The number of nitrogens with zero attached hydrogens (tertiary/aromatic N) is 1. The van der Waals surface area contributed by atoms with Gasteiger partial charge in [0.2, 0.25) is 17.7 Å². The predicted molar refractivity (Wildman–Crippen MR) is 135 cm³/mol. The van der Waals surface area contributed by atoms with Crippen LogP contribution in [0.5, 0.6) is 0 Å². The molecule has 0 radical (unpaired) electrons. The van der Waals surface area contributed by atoms with Gasteiger partial charge in [-0.2, -0.15) is 0 Å². The molecule has 0 bridgehead atoms. The average Bonchev–Trinajstić information content (AvgIpc) is 2.70. The number of benzene rings is 1. The number of primary amides is 1. The molecule has 0 saturated carbocycles. The SMILES string of the molecule is C=CCN(C(=O)C(CCC(N)=O)NC(=O)OC(C)(C)C)C(C(=O)NC(C)C)c1ccc(C)c(C)c1. The first-order valence-electron chi connectivity index (χ1n) is 11.7. The molecule has 0 fully saturated rings. The number of nitrogens with one attached hydrogen (secondary N) is 2. The Bertz CT molecular complexity index is 936. The summed E-state index contributed by atoms with van der Waals surface area (Å²) in [4.78, 5) is 52.4. The number of carbonyl (C=O) groups is 4. The first kappa shape index (κ1) is 29.7. The van der Waals surface area contributed by atoms with Gasteiger partial charge in [-0.25, -0.2) is 4.79 Å². The van der Waals surface area contributed by atoms with E-state index >= 15 is 0 Å². The van der Waals surface area contributed by atoms with E-state index in [2.05, 4.69) is 17.2 Å². The molecule has 0 heterocycles. The largest absolute Gasteiger partial charge is 0.444 e. The number of nitrogens with two attached hydrogens (primary N) is 1. The topological polar surface area (TPSA) is 131 Å². The van der Waals surface area contributed by atoms with Crippen molar-refractivity contribution >= 4 is 23.8 Å².